The average Bonchev–Trinajstić information content (AvgIpc) is 3.29. The molecule has 1 aromatic heterocycles. The molecule has 2 aliphatic rings. The summed E-state index contributed by atoms with van der Waals surface area (Å²) >= 11 is 0. The number of amides is 1. The predicted octanol–water partition coefficient (Wildman–Crippen LogP) is 1.61. The Hall–Kier alpha value is -2.22. The molecule has 1 unspecified atom stereocenters. The maximum Gasteiger partial charge on any atom is 0.226 e. The Balaban J connectivity index is 1.37. The smallest absolute Gasteiger partial charge is 0.226 e. The lowest BCUT2D eigenvalue weighted by molar-refractivity contribution is -0.135. The molecular formula is C18H22N4O3S. The SMILES string of the molecule is O=C(C1CCS(=O)(=O)C1)N1CCC(c2nc(-c3ccccc3)n[nH]2)CC1. The lowest BCUT2D eigenvalue weighted by Crippen LogP contribution is -2.41. The minimum absolute atomic E-state index is 0.00734. The molecule has 2 aliphatic heterocycles. The van der Waals surface area contributed by atoms with E-state index in [-0.39, 0.29) is 29.2 Å². The second kappa shape index (κ2) is 6.83. The lowest BCUT2D eigenvalue weighted by atomic mass is 9.95. The molecule has 1 N–H and O–H groups in total. The van der Waals surface area contributed by atoms with Gasteiger partial charge in [-0.3, -0.25) is 9.89 Å². The first-order valence-electron chi connectivity index (χ1n) is 8.99. The summed E-state index contributed by atoms with van der Waals surface area (Å²) in [6.45, 7) is 1.28. The molecule has 0 spiro atoms. The number of sulfone groups is 1. The van der Waals surface area contributed by atoms with Crippen LogP contribution in [0.4, 0.5) is 0 Å². The average molecular weight is 374 g/mol. The van der Waals surface area contributed by atoms with E-state index in [2.05, 4.69) is 15.2 Å². The molecule has 2 saturated heterocycles. The Morgan fingerprint density at radius 3 is 2.50 bits per heavy atom. The molecule has 0 aliphatic carbocycles. The van der Waals surface area contributed by atoms with Crippen molar-refractivity contribution in [2.75, 3.05) is 24.6 Å². The summed E-state index contributed by atoms with van der Waals surface area (Å²) in [5.41, 5.74) is 0.977. The number of nitrogens with zero attached hydrogens (tertiary/aromatic N) is 3. The van der Waals surface area contributed by atoms with E-state index < -0.39 is 9.84 Å². The van der Waals surface area contributed by atoms with Crippen molar-refractivity contribution in [1.82, 2.24) is 20.1 Å². The molecule has 1 aromatic carbocycles. The molecule has 0 radical (unpaired) electrons. The van der Waals surface area contributed by atoms with Crippen LogP contribution in [0.5, 0.6) is 0 Å². The largest absolute Gasteiger partial charge is 0.342 e. The van der Waals surface area contributed by atoms with E-state index in [4.69, 9.17) is 0 Å². The van der Waals surface area contributed by atoms with Gasteiger partial charge < -0.3 is 4.90 Å². The molecule has 7 nitrogen and oxygen atoms in total. The van der Waals surface area contributed by atoms with Gasteiger partial charge >= 0.3 is 0 Å². The highest BCUT2D eigenvalue weighted by molar-refractivity contribution is 7.91. The summed E-state index contributed by atoms with van der Waals surface area (Å²) < 4.78 is 23.2. The van der Waals surface area contributed by atoms with Crippen LogP contribution in [0.15, 0.2) is 30.3 Å². The second-order valence-electron chi connectivity index (χ2n) is 7.11. The van der Waals surface area contributed by atoms with Gasteiger partial charge in [0, 0.05) is 24.6 Å². The van der Waals surface area contributed by atoms with Gasteiger partial charge in [0.2, 0.25) is 5.91 Å². The molecular weight excluding hydrogens is 352 g/mol. The van der Waals surface area contributed by atoms with Crippen LogP contribution < -0.4 is 0 Å². The molecule has 3 heterocycles. The molecule has 138 valence electrons. The molecule has 26 heavy (non-hydrogen) atoms. The van der Waals surface area contributed by atoms with Crippen molar-refractivity contribution in [1.29, 1.82) is 0 Å². The molecule has 1 amide bonds. The summed E-state index contributed by atoms with van der Waals surface area (Å²) in [4.78, 5) is 19.0. The molecule has 0 bridgehead atoms. The standard InChI is InChI=1S/C18H22N4O3S/c23-18(15-8-11-26(24,25)12-15)22-9-6-14(7-10-22)17-19-16(20-21-17)13-4-2-1-3-5-13/h1-5,14-15H,6-12H2,(H,19,20,21). The Kier molecular flexibility index (Phi) is 4.52. The van der Waals surface area contributed by atoms with Gasteiger partial charge in [0.05, 0.1) is 17.4 Å². The van der Waals surface area contributed by atoms with Crippen molar-refractivity contribution in [2.45, 2.75) is 25.2 Å². The predicted molar refractivity (Wildman–Crippen MR) is 97.1 cm³/mol. The summed E-state index contributed by atoms with van der Waals surface area (Å²) in [6.07, 6.45) is 2.09. The third kappa shape index (κ3) is 3.51. The minimum atomic E-state index is -3.03. The lowest BCUT2D eigenvalue weighted by Gasteiger charge is -2.32. The fourth-order valence-corrected chi connectivity index (χ4v) is 5.53. The van der Waals surface area contributed by atoms with E-state index in [0.717, 1.165) is 24.2 Å². The van der Waals surface area contributed by atoms with E-state index in [1.807, 2.05) is 35.2 Å². The first-order valence-corrected chi connectivity index (χ1v) is 10.8. The van der Waals surface area contributed by atoms with E-state index in [0.29, 0.717) is 25.3 Å². The summed E-state index contributed by atoms with van der Waals surface area (Å²) in [6, 6.07) is 9.82. The van der Waals surface area contributed by atoms with E-state index >= 15 is 0 Å². The number of benzene rings is 1. The van der Waals surface area contributed by atoms with Crippen molar-refractivity contribution in [2.24, 2.45) is 5.92 Å². The minimum Gasteiger partial charge on any atom is -0.342 e. The van der Waals surface area contributed by atoms with Crippen LogP contribution in [-0.4, -0.2) is 59.0 Å². The first kappa shape index (κ1) is 17.2. The number of carbonyl (C=O) groups excluding carboxylic acids is 1. The number of aromatic amines is 1. The number of piperidine rings is 1. The van der Waals surface area contributed by atoms with Crippen molar-refractivity contribution in [3.63, 3.8) is 0 Å². The Morgan fingerprint density at radius 1 is 1.12 bits per heavy atom. The van der Waals surface area contributed by atoms with Crippen LogP contribution in [0.1, 0.15) is 31.0 Å². The molecule has 4 rings (SSSR count). The summed E-state index contributed by atoms with van der Waals surface area (Å²) in [5.74, 6) is 1.58. The van der Waals surface area contributed by atoms with Gasteiger partial charge in [-0.1, -0.05) is 30.3 Å². The third-order valence-corrected chi connectivity index (χ3v) is 7.08. The quantitative estimate of drug-likeness (QED) is 0.880. The zero-order valence-electron chi connectivity index (χ0n) is 14.5. The highest BCUT2D eigenvalue weighted by atomic mass is 32.2. The van der Waals surface area contributed by atoms with E-state index in [1.165, 1.54) is 0 Å². The molecule has 1 atom stereocenters. The molecule has 8 heteroatoms. The topological polar surface area (TPSA) is 96.0 Å². The van der Waals surface area contributed by atoms with Gasteiger partial charge in [-0.05, 0) is 19.3 Å². The van der Waals surface area contributed by atoms with Crippen LogP contribution in [0.2, 0.25) is 0 Å². The van der Waals surface area contributed by atoms with Crippen LogP contribution in [0, 0.1) is 5.92 Å². The number of carbonyl (C=O) groups is 1. The zero-order chi connectivity index (χ0) is 18.1. The number of hydrogen-bond donors (Lipinski definition) is 1. The van der Waals surface area contributed by atoms with Gasteiger partial charge in [0.1, 0.15) is 5.82 Å². The van der Waals surface area contributed by atoms with Gasteiger partial charge in [0.15, 0.2) is 15.7 Å². The Morgan fingerprint density at radius 2 is 1.85 bits per heavy atom. The number of hydrogen-bond acceptors (Lipinski definition) is 5. The fourth-order valence-electron chi connectivity index (χ4n) is 3.79. The number of H-pyrrole nitrogens is 1. The number of nitrogens with one attached hydrogen (secondary N) is 1. The molecule has 0 saturated carbocycles. The van der Waals surface area contributed by atoms with Crippen molar-refractivity contribution in [3.05, 3.63) is 36.2 Å². The Labute approximate surface area is 152 Å². The second-order valence-corrected chi connectivity index (χ2v) is 9.34. The van der Waals surface area contributed by atoms with Crippen molar-refractivity contribution < 1.29 is 13.2 Å². The van der Waals surface area contributed by atoms with Crippen molar-refractivity contribution in [3.8, 4) is 11.4 Å². The molecule has 2 fully saturated rings. The number of aromatic nitrogens is 3. The van der Waals surface area contributed by atoms with Crippen LogP contribution in [0.3, 0.4) is 0 Å². The van der Waals surface area contributed by atoms with Gasteiger partial charge in [-0.25, -0.2) is 13.4 Å². The maximum atomic E-state index is 12.5. The third-order valence-electron chi connectivity index (χ3n) is 5.31. The summed E-state index contributed by atoms with van der Waals surface area (Å²) in [5, 5.41) is 7.35. The normalized spacial score (nSPS) is 23.2. The van der Waals surface area contributed by atoms with E-state index in [9.17, 15) is 13.2 Å². The Bertz CT molecular complexity index is 886. The first-order chi connectivity index (χ1) is 12.5. The van der Waals surface area contributed by atoms with Gasteiger partial charge in [-0.2, -0.15) is 5.10 Å². The monoisotopic (exact) mass is 374 g/mol. The molecule has 2 aromatic rings. The van der Waals surface area contributed by atoms with Crippen LogP contribution in [-0.2, 0) is 14.6 Å². The summed E-state index contributed by atoms with van der Waals surface area (Å²) in [7, 11) is -3.03. The highest BCUT2D eigenvalue weighted by Crippen LogP contribution is 2.29. The van der Waals surface area contributed by atoms with Gasteiger partial charge in [-0.15, -0.1) is 0 Å². The maximum absolute atomic E-state index is 12.5. The fraction of sp³-hybridized carbons (Fsp3) is 0.500. The van der Waals surface area contributed by atoms with Crippen molar-refractivity contribution >= 4 is 15.7 Å². The number of rotatable bonds is 3. The van der Waals surface area contributed by atoms with E-state index in [1.54, 1.807) is 0 Å². The van der Waals surface area contributed by atoms with Gasteiger partial charge in [0.25, 0.3) is 0 Å². The highest BCUT2D eigenvalue weighted by Gasteiger charge is 2.36. The van der Waals surface area contributed by atoms with Crippen LogP contribution in [0.25, 0.3) is 11.4 Å². The zero-order valence-corrected chi connectivity index (χ0v) is 15.3. The number of likely N-dealkylation sites (tertiary alicyclic amines) is 1. The van der Waals surface area contributed by atoms with Crippen LogP contribution >= 0.6 is 0 Å².